The van der Waals surface area contributed by atoms with Gasteiger partial charge in [0.2, 0.25) is 5.78 Å². The average Bonchev–Trinajstić information content (AvgIpc) is 2.98. The van der Waals surface area contributed by atoms with Gasteiger partial charge in [0.25, 0.3) is 0 Å². The molecule has 2 aromatic heterocycles. The number of fused-ring (bicyclic) bond motifs is 1. The third-order valence-electron chi connectivity index (χ3n) is 2.92. The van der Waals surface area contributed by atoms with Crippen LogP contribution < -0.4 is 0 Å². The van der Waals surface area contributed by atoms with Crippen LogP contribution in [0.4, 0.5) is 0 Å². The molecule has 0 aliphatic heterocycles. The van der Waals surface area contributed by atoms with Crippen molar-refractivity contribution in [3.05, 3.63) is 57.8 Å². The second kappa shape index (κ2) is 5.19. The van der Waals surface area contributed by atoms with Crippen LogP contribution in [0.3, 0.4) is 0 Å². The van der Waals surface area contributed by atoms with E-state index in [1.807, 2.05) is 17.5 Å². The number of rotatable bonds is 4. The molecular formula is C15H10O3S2. The van der Waals surface area contributed by atoms with Gasteiger partial charge in [0.1, 0.15) is 0 Å². The highest BCUT2D eigenvalue weighted by molar-refractivity contribution is 7.38. The minimum absolute atomic E-state index is 0.0503. The van der Waals surface area contributed by atoms with Gasteiger partial charge in [-0.3, -0.25) is 9.59 Å². The van der Waals surface area contributed by atoms with Gasteiger partial charge in [0.05, 0.1) is 15.3 Å². The minimum Gasteiger partial charge on any atom is -0.481 e. The maximum atomic E-state index is 12.4. The van der Waals surface area contributed by atoms with Crippen molar-refractivity contribution in [3.8, 4) is 0 Å². The summed E-state index contributed by atoms with van der Waals surface area (Å²) < 4.78 is 1.13. The molecule has 0 aliphatic carbocycles. The summed E-state index contributed by atoms with van der Waals surface area (Å²) in [6.07, 6.45) is -0.0688. The van der Waals surface area contributed by atoms with Crippen molar-refractivity contribution < 1.29 is 14.7 Å². The summed E-state index contributed by atoms with van der Waals surface area (Å²) in [4.78, 5) is 23.8. The van der Waals surface area contributed by atoms with E-state index in [9.17, 15) is 9.59 Å². The summed E-state index contributed by atoms with van der Waals surface area (Å²) in [6, 6.07) is 10.7. The number of carbonyl (C=O) groups is 2. The Morgan fingerprint density at radius 1 is 1.15 bits per heavy atom. The molecule has 3 aromatic rings. The molecule has 0 saturated carbocycles. The lowest BCUT2D eigenvalue weighted by Crippen LogP contribution is -2.03. The summed E-state index contributed by atoms with van der Waals surface area (Å²) in [5, 5.41) is 11.9. The molecule has 0 fully saturated rings. The lowest BCUT2D eigenvalue weighted by molar-refractivity contribution is -0.136. The zero-order valence-electron chi connectivity index (χ0n) is 10.3. The third-order valence-corrected chi connectivity index (χ3v) is 5.12. The van der Waals surface area contributed by atoms with Gasteiger partial charge in [-0.05, 0) is 29.1 Å². The lowest BCUT2D eigenvalue weighted by Gasteiger charge is -2.01. The maximum Gasteiger partial charge on any atom is 0.307 e. The van der Waals surface area contributed by atoms with Crippen molar-refractivity contribution >= 4 is 43.8 Å². The van der Waals surface area contributed by atoms with Gasteiger partial charge >= 0.3 is 5.97 Å². The molecule has 2 heterocycles. The lowest BCUT2D eigenvalue weighted by atomic mass is 10.0. The normalized spacial score (nSPS) is 10.8. The monoisotopic (exact) mass is 302 g/mol. The third kappa shape index (κ3) is 2.50. The molecule has 0 radical (unpaired) electrons. The van der Waals surface area contributed by atoms with Crippen molar-refractivity contribution in [2.75, 3.05) is 0 Å². The van der Waals surface area contributed by atoms with Crippen molar-refractivity contribution in [2.24, 2.45) is 0 Å². The smallest absolute Gasteiger partial charge is 0.307 e. The van der Waals surface area contributed by atoms with E-state index >= 15 is 0 Å². The summed E-state index contributed by atoms with van der Waals surface area (Å²) in [5.41, 5.74) is 1.18. The first kappa shape index (κ1) is 13.0. The van der Waals surface area contributed by atoms with E-state index in [4.69, 9.17) is 5.11 Å². The summed E-state index contributed by atoms with van der Waals surface area (Å²) in [5.74, 6) is -0.947. The summed E-state index contributed by atoms with van der Waals surface area (Å²) in [6.45, 7) is 0. The van der Waals surface area contributed by atoms with Crippen LogP contribution in [0, 0.1) is 0 Å². The van der Waals surface area contributed by atoms with Gasteiger partial charge < -0.3 is 5.11 Å². The van der Waals surface area contributed by atoms with E-state index in [0.29, 0.717) is 16.0 Å². The number of carboxylic acid groups (broad SMARTS) is 1. The molecule has 100 valence electrons. The van der Waals surface area contributed by atoms with E-state index in [2.05, 4.69) is 0 Å². The van der Waals surface area contributed by atoms with Crippen molar-refractivity contribution in [1.29, 1.82) is 0 Å². The molecule has 1 aromatic carbocycles. The second-order valence-electron chi connectivity index (χ2n) is 4.37. The molecule has 5 heteroatoms. The topological polar surface area (TPSA) is 54.4 Å². The van der Waals surface area contributed by atoms with Crippen molar-refractivity contribution in [2.45, 2.75) is 6.42 Å². The van der Waals surface area contributed by atoms with E-state index in [1.165, 1.54) is 11.3 Å². The number of carboxylic acids is 1. The number of carbonyl (C=O) groups excluding carboxylic acids is 1. The highest BCUT2D eigenvalue weighted by atomic mass is 32.2. The Balaban J connectivity index is 1.93. The molecule has 0 atom stereocenters. The van der Waals surface area contributed by atoms with Crippen LogP contribution in [0.2, 0.25) is 0 Å². The number of aliphatic carboxylic acids is 1. The molecular weight excluding hydrogens is 292 g/mol. The molecule has 0 aliphatic rings. The Hall–Kier alpha value is -1.98. The van der Waals surface area contributed by atoms with Gasteiger partial charge in [-0.1, -0.05) is 18.2 Å². The highest BCUT2D eigenvalue weighted by Crippen LogP contribution is 2.31. The number of benzene rings is 1. The molecule has 0 spiro atoms. The zero-order chi connectivity index (χ0) is 14.1. The fourth-order valence-electron chi connectivity index (χ4n) is 2.02. The van der Waals surface area contributed by atoms with Crippen LogP contribution in [-0.4, -0.2) is 16.9 Å². The van der Waals surface area contributed by atoms with E-state index in [-0.39, 0.29) is 12.2 Å². The van der Waals surface area contributed by atoms with Crippen LogP contribution in [0.15, 0.2) is 41.8 Å². The second-order valence-corrected chi connectivity index (χ2v) is 6.60. The van der Waals surface area contributed by atoms with E-state index < -0.39 is 5.97 Å². The quantitative estimate of drug-likeness (QED) is 0.745. The van der Waals surface area contributed by atoms with Crippen molar-refractivity contribution in [1.82, 2.24) is 0 Å². The molecule has 0 bridgehead atoms. The summed E-state index contributed by atoms with van der Waals surface area (Å²) >= 11 is 3.10. The van der Waals surface area contributed by atoms with E-state index in [1.54, 1.807) is 35.6 Å². The number of hydrogen-bond donors (Lipinski definition) is 1. The first-order valence-electron chi connectivity index (χ1n) is 5.96. The predicted octanol–water partition coefficient (Wildman–Crippen LogP) is 3.82. The minimum atomic E-state index is -0.897. The van der Waals surface area contributed by atoms with Gasteiger partial charge in [0.15, 0.2) is 0 Å². The molecule has 0 amide bonds. The molecule has 20 heavy (non-hydrogen) atoms. The first-order chi connectivity index (χ1) is 9.63. The van der Waals surface area contributed by atoms with Crippen LogP contribution in [0.25, 0.3) is 9.40 Å². The zero-order valence-corrected chi connectivity index (χ0v) is 12.0. The Morgan fingerprint density at radius 2 is 2.00 bits per heavy atom. The Labute approximate surface area is 123 Å². The maximum absolute atomic E-state index is 12.4. The standard InChI is InChI=1S/C15H10O3S2/c16-13(17)7-9-2-1-3-10(6-9)14(18)12-8-11-4-5-19-15(11)20-12/h1-6,8H,7H2,(H,16,17). The largest absolute Gasteiger partial charge is 0.481 e. The first-order valence-corrected chi connectivity index (χ1v) is 7.65. The van der Waals surface area contributed by atoms with Crippen LogP contribution in [0.1, 0.15) is 20.8 Å². The fourth-order valence-corrected chi connectivity index (χ4v) is 4.09. The number of thiophene rings is 2. The van der Waals surface area contributed by atoms with Gasteiger partial charge in [-0.15, -0.1) is 22.7 Å². The van der Waals surface area contributed by atoms with Gasteiger partial charge in [-0.2, -0.15) is 0 Å². The van der Waals surface area contributed by atoms with Crippen LogP contribution >= 0.6 is 22.7 Å². The van der Waals surface area contributed by atoms with E-state index in [0.717, 1.165) is 9.40 Å². The predicted molar refractivity (Wildman–Crippen MR) is 80.9 cm³/mol. The summed E-state index contributed by atoms with van der Waals surface area (Å²) in [7, 11) is 0. The molecule has 0 unspecified atom stereocenters. The number of hydrogen-bond acceptors (Lipinski definition) is 4. The molecule has 0 saturated heterocycles. The Kier molecular flexibility index (Phi) is 3.38. The van der Waals surface area contributed by atoms with Crippen LogP contribution in [-0.2, 0) is 11.2 Å². The van der Waals surface area contributed by atoms with Crippen LogP contribution in [0.5, 0.6) is 0 Å². The van der Waals surface area contributed by atoms with Crippen molar-refractivity contribution in [3.63, 3.8) is 0 Å². The molecule has 3 nitrogen and oxygen atoms in total. The molecule has 1 N–H and O–H groups in total. The molecule has 3 rings (SSSR count). The fraction of sp³-hybridized carbons (Fsp3) is 0.0667. The van der Waals surface area contributed by atoms with Gasteiger partial charge in [0, 0.05) is 10.9 Å². The Morgan fingerprint density at radius 3 is 2.75 bits per heavy atom. The average molecular weight is 302 g/mol. The highest BCUT2D eigenvalue weighted by Gasteiger charge is 2.14. The number of ketones is 1. The van der Waals surface area contributed by atoms with Gasteiger partial charge in [-0.25, -0.2) is 0 Å². The Bertz CT molecular complexity index is 770. The SMILES string of the molecule is O=C(O)Cc1cccc(C(=O)c2cc3ccsc3s2)c1.